The highest BCUT2D eigenvalue weighted by Crippen LogP contribution is 2.31. The van der Waals surface area contributed by atoms with Crippen LogP contribution in [0.15, 0.2) is 30.5 Å². The number of halogens is 1. The van der Waals surface area contributed by atoms with Crippen LogP contribution in [-0.2, 0) is 13.1 Å². The SMILES string of the molecule is CC1(CN2CCN(Cc3ccc(Cl)cc3)CC2)Cn2cc([N+](=O)[O-])nc2O1. The highest BCUT2D eigenvalue weighted by molar-refractivity contribution is 6.30. The van der Waals surface area contributed by atoms with Gasteiger partial charge in [-0.05, 0) is 29.5 Å². The number of ether oxygens (including phenoxy) is 1. The van der Waals surface area contributed by atoms with Crippen molar-refractivity contribution in [2.75, 3.05) is 32.7 Å². The van der Waals surface area contributed by atoms with E-state index in [0.29, 0.717) is 12.6 Å². The van der Waals surface area contributed by atoms with Crippen LogP contribution in [-0.4, -0.2) is 62.6 Å². The standard InChI is InChI=1S/C18H22ClN5O3/c1-18(13-23-11-16(24(25)26)20-17(23)27-18)12-22-8-6-21(7-9-22)10-14-2-4-15(19)5-3-14/h2-5,11H,6-10,12-13H2,1H3. The Bertz CT molecular complexity index is 807. The molecule has 1 atom stereocenters. The molecule has 144 valence electrons. The summed E-state index contributed by atoms with van der Waals surface area (Å²) in [6.07, 6.45) is 1.45. The minimum absolute atomic E-state index is 0.164. The molecule has 0 aliphatic carbocycles. The molecule has 1 unspecified atom stereocenters. The van der Waals surface area contributed by atoms with Crippen molar-refractivity contribution < 1.29 is 9.66 Å². The number of benzene rings is 1. The molecule has 0 bridgehead atoms. The highest BCUT2D eigenvalue weighted by atomic mass is 35.5. The van der Waals surface area contributed by atoms with Crippen LogP contribution >= 0.6 is 11.6 Å². The average Bonchev–Trinajstić information content (AvgIpc) is 3.14. The molecule has 0 N–H and O–H groups in total. The number of nitrogens with zero attached hydrogens (tertiary/aromatic N) is 5. The van der Waals surface area contributed by atoms with E-state index in [0.717, 1.165) is 44.3 Å². The van der Waals surface area contributed by atoms with Gasteiger partial charge in [-0.15, -0.1) is 0 Å². The van der Waals surface area contributed by atoms with Crippen molar-refractivity contribution in [2.45, 2.75) is 25.6 Å². The van der Waals surface area contributed by atoms with Crippen LogP contribution in [0.4, 0.5) is 5.82 Å². The molecule has 3 heterocycles. The van der Waals surface area contributed by atoms with Gasteiger partial charge in [0.15, 0.2) is 0 Å². The Balaban J connectivity index is 1.28. The first-order chi connectivity index (χ1) is 12.9. The molecule has 0 saturated carbocycles. The lowest BCUT2D eigenvalue weighted by Crippen LogP contribution is -2.52. The molecule has 8 nitrogen and oxygen atoms in total. The summed E-state index contributed by atoms with van der Waals surface area (Å²) in [7, 11) is 0. The Labute approximate surface area is 162 Å². The molecule has 1 aromatic heterocycles. The van der Waals surface area contributed by atoms with E-state index < -0.39 is 10.5 Å². The third-order valence-corrected chi connectivity index (χ3v) is 5.35. The fourth-order valence-corrected chi connectivity index (χ4v) is 3.92. The Morgan fingerprint density at radius 2 is 1.89 bits per heavy atom. The van der Waals surface area contributed by atoms with Gasteiger partial charge in [-0.1, -0.05) is 23.7 Å². The Hall–Kier alpha value is -2.16. The summed E-state index contributed by atoms with van der Waals surface area (Å²) in [5, 5.41) is 11.6. The van der Waals surface area contributed by atoms with Crippen LogP contribution < -0.4 is 4.74 Å². The fraction of sp³-hybridized carbons (Fsp3) is 0.500. The van der Waals surface area contributed by atoms with Gasteiger partial charge in [0.25, 0.3) is 0 Å². The molecular formula is C18H22ClN5O3. The van der Waals surface area contributed by atoms with E-state index in [1.807, 2.05) is 19.1 Å². The van der Waals surface area contributed by atoms with Gasteiger partial charge in [0.05, 0.1) is 6.54 Å². The van der Waals surface area contributed by atoms with Gasteiger partial charge >= 0.3 is 11.8 Å². The molecule has 2 aromatic rings. The lowest BCUT2D eigenvalue weighted by Gasteiger charge is -2.38. The number of aromatic nitrogens is 2. The summed E-state index contributed by atoms with van der Waals surface area (Å²) in [6.45, 7) is 8.24. The van der Waals surface area contributed by atoms with Crippen LogP contribution in [0, 0.1) is 10.1 Å². The Morgan fingerprint density at radius 3 is 2.52 bits per heavy atom. The second-order valence-electron chi connectivity index (χ2n) is 7.50. The number of fused-ring (bicyclic) bond motifs is 1. The zero-order valence-electron chi connectivity index (χ0n) is 15.2. The van der Waals surface area contributed by atoms with Gasteiger partial charge in [-0.2, -0.15) is 0 Å². The predicted molar refractivity (Wildman–Crippen MR) is 101 cm³/mol. The van der Waals surface area contributed by atoms with Gasteiger partial charge < -0.3 is 14.9 Å². The quantitative estimate of drug-likeness (QED) is 0.575. The summed E-state index contributed by atoms with van der Waals surface area (Å²) in [6, 6.07) is 8.34. The van der Waals surface area contributed by atoms with E-state index in [1.165, 1.54) is 11.8 Å². The fourth-order valence-electron chi connectivity index (χ4n) is 3.79. The van der Waals surface area contributed by atoms with Gasteiger partial charge in [0.2, 0.25) is 0 Å². The molecule has 4 rings (SSSR count). The summed E-state index contributed by atoms with van der Waals surface area (Å²) in [5.41, 5.74) is 0.862. The van der Waals surface area contributed by atoms with Crippen molar-refractivity contribution in [1.82, 2.24) is 19.4 Å². The molecule has 2 aliphatic heterocycles. The average molecular weight is 392 g/mol. The number of hydrogen-bond donors (Lipinski definition) is 0. The van der Waals surface area contributed by atoms with E-state index in [9.17, 15) is 10.1 Å². The largest absolute Gasteiger partial charge is 0.436 e. The molecule has 1 saturated heterocycles. The predicted octanol–water partition coefficient (Wildman–Crippen LogP) is 2.41. The van der Waals surface area contributed by atoms with Gasteiger partial charge in [-0.25, -0.2) is 0 Å². The molecule has 2 aliphatic rings. The second kappa shape index (κ2) is 7.10. The van der Waals surface area contributed by atoms with Gasteiger partial charge in [-0.3, -0.25) is 14.4 Å². The summed E-state index contributed by atoms with van der Waals surface area (Å²) >= 11 is 5.95. The molecule has 0 spiro atoms. The van der Waals surface area contributed by atoms with Crippen LogP contribution in [0.3, 0.4) is 0 Å². The number of piperazine rings is 1. The minimum Gasteiger partial charge on any atom is -0.436 e. The molecule has 1 aromatic carbocycles. The van der Waals surface area contributed by atoms with Crippen LogP contribution in [0.2, 0.25) is 5.02 Å². The van der Waals surface area contributed by atoms with Crippen LogP contribution in [0.5, 0.6) is 6.01 Å². The highest BCUT2D eigenvalue weighted by Gasteiger charge is 2.41. The van der Waals surface area contributed by atoms with Crippen molar-refractivity contribution in [1.29, 1.82) is 0 Å². The number of imidazole rings is 1. The third-order valence-electron chi connectivity index (χ3n) is 5.10. The number of nitro groups is 1. The monoisotopic (exact) mass is 391 g/mol. The van der Waals surface area contributed by atoms with E-state index in [2.05, 4.69) is 26.9 Å². The van der Waals surface area contributed by atoms with Crippen molar-refractivity contribution in [3.05, 3.63) is 51.2 Å². The van der Waals surface area contributed by atoms with Crippen molar-refractivity contribution in [3.8, 4) is 6.01 Å². The third kappa shape index (κ3) is 4.07. The van der Waals surface area contributed by atoms with E-state index in [1.54, 1.807) is 4.57 Å². The maximum absolute atomic E-state index is 10.8. The zero-order valence-corrected chi connectivity index (χ0v) is 15.9. The van der Waals surface area contributed by atoms with E-state index in [4.69, 9.17) is 16.3 Å². The Kier molecular flexibility index (Phi) is 4.79. The number of rotatable bonds is 5. The molecule has 0 amide bonds. The molecule has 9 heteroatoms. The maximum atomic E-state index is 10.8. The lowest BCUT2D eigenvalue weighted by molar-refractivity contribution is -0.389. The summed E-state index contributed by atoms with van der Waals surface area (Å²) in [5.74, 6) is -0.164. The number of hydrogen-bond acceptors (Lipinski definition) is 6. The lowest BCUT2D eigenvalue weighted by atomic mass is 10.1. The smallest absolute Gasteiger partial charge is 0.415 e. The normalized spacial score (nSPS) is 23.2. The van der Waals surface area contributed by atoms with Crippen molar-refractivity contribution >= 4 is 17.4 Å². The van der Waals surface area contributed by atoms with Crippen molar-refractivity contribution in [2.24, 2.45) is 0 Å². The van der Waals surface area contributed by atoms with Crippen molar-refractivity contribution in [3.63, 3.8) is 0 Å². The summed E-state index contributed by atoms with van der Waals surface area (Å²) in [4.78, 5) is 19.1. The topological polar surface area (TPSA) is 76.7 Å². The van der Waals surface area contributed by atoms with E-state index in [-0.39, 0.29) is 5.82 Å². The summed E-state index contributed by atoms with van der Waals surface area (Å²) < 4.78 is 7.67. The first kappa shape index (κ1) is 18.2. The first-order valence-corrected chi connectivity index (χ1v) is 9.38. The van der Waals surface area contributed by atoms with Crippen LogP contribution in [0.1, 0.15) is 12.5 Å². The maximum Gasteiger partial charge on any atom is 0.415 e. The molecular weight excluding hydrogens is 370 g/mol. The molecule has 1 fully saturated rings. The van der Waals surface area contributed by atoms with Gasteiger partial charge in [0, 0.05) is 49.3 Å². The first-order valence-electron chi connectivity index (χ1n) is 9.00. The van der Waals surface area contributed by atoms with E-state index >= 15 is 0 Å². The second-order valence-corrected chi connectivity index (χ2v) is 7.93. The molecule has 0 radical (unpaired) electrons. The zero-order chi connectivity index (χ0) is 19.0. The minimum atomic E-state index is -0.494. The van der Waals surface area contributed by atoms with Gasteiger partial charge in [0.1, 0.15) is 11.8 Å². The van der Waals surface area contributed by atoms with Crippen LogP contribution in [0.25, 0.3) is 0 Å². The molecule has 27 heavy (non-hydrogen) atoms. The Morgan fingerprint density at radius 1 is 1.22 bits per heavy atom.